The van der Waals surface area contributed by atoms with Gasteiger partial charge in [0.25, 0.3) is 5.91 Å². The molecule has 20 heteroatoms. The zero-order valence-electron chi connectivity index (χ0n) is 44.2. The predicted molar refractivity (Wildman–Crippen MR) is 305 cm³/mol. The molecular weight excluding hydrogens is 1070 g/mol. The van der Waals surface area contributed by atoms with Crippen molar-refractivity contribution < 1.29 is 28.8 Å². The fourth-order valence-corrected chi connectivity index (χ4v) is 11.9. The highest BCUT2D eigenvalue weighted by molar-refractivity contribution is 6.62. The highest BCUT2D eigenvalue weighted by Gasteiger charge is 2.42. The minimum atomic E-state index is -0.752. The molecule has 7 rings (SSSR count). The van der Waals surface area contributed by atoms with Gasteiger partial charge >= 0.3 is 0 Å². The van der Waals surface area contributed by atoms with Crippen LogP contribution < -0.4 is 27.4 Å². The van der Waals surface area contributed by atoms with Crippen molar-refractivity contribution >= 4 is 92.8 Å². The van der Waals surface area contributed by atoms with Gasteiger partial charge in [0.2, 0.25) is 28.9 Å². The number of nitrogens with two attached hydrogens (primary N) is 2. The number of benzene rings is 3. The normalized spacial score (nSPS) is 18.3. The van der Waals surface area contributed by atoms with Gasteiger partial charge in [-0.2, -0.15) is 0 Å². The average molecular weight is 1150 g/mol. The standard InChI is InChI=1S/C30H39Cl2N5O3.C24H36Cl2N4O2.C2H3ClO/c31-24-10-9-23(25(32)20-24)19-26(35-27(38)11-14-33)29(40)36-15-17-37(18-16-36)30(12-5-2-6-13-30)21-34-28(39)22-7-3-1-4-8-22;1-2-6-22(31)28-21(15-18-7-8-19(25)16-20(18)26)23(32)29-11-13-30(14-12-29)24(17-27)9-4-3-5-10-24;1-2(3)4/h1,3-4,7-10,20,26H,2,5-6,11-19,21,33H2,(H,34,39)(H,35,38);7-8,16,21H,2-6,9-15,17,27H2,1H3,(H,28,31);1H3. The molecule has 3 aromatic rings. The molecule has 3 aromatic carbocycles. The number of amides is 5. The van der Waals surface area contributed by atoms with Gasteiger partial charge in [0, 0.05) is 141 Å². The summed E-state index contributed by atoms with van der Waals surface area (Å²) in [5, 5.41) is 10.7. The van der Waals surface area contributed by atoms with E-state index in [0.717, 1.165) is 69.2 Å². The van der Waals surface area contributed by atoms with E-state index in [1.807, 2.05) is 53.1 Å². The van der Waals surface area contributed by atoms with Gasteiger partial charge in [0.1, 0.15) is 12.1 Å². The molecule has 2 saturated heterocycles. The molecule has 2 saturated carbocycles. The fraction of sp³-hybridized carbons (Fsp3) is 0.571. The van der Waals surface area contributed by atoms with Crippen molar-refractivity contribution in [1.82, 2.24) is 35.6 Å². The highest BCUT2D eigenvalue weighted by atomic mass is 35.5. The van der Waals surface area contributed by atoms with E-state index in [9.17, 15) is 28.8 Å². The smallest absolute Gasteiger partial charge is 0.251 e. The molecule has 76 heavy (non-hydrogen) atoms. The molecule has 4 aliphatic rings. The van der Waals surface area contributed by atoms with Crippen LogP contribution in [0.5, 0.6) is 0 Å². The number of nitrogens with one attached hydrogen (secondary N) is 3. The van der Waals surface area contributed by atoms with Crippen LogP contribution in [0.3, 0.4) is 0 Å². The quantitative estimate of drug-likeness (QED) is 0.0776. The number of halogens is 5. The van der Waals surface area contributed by atoms with Crippen molar-refractivity contribution in [3.05, 3.63) is 104 Å². The van der Waals surface area contributed by atoms with Crippen molar-refractivity contribution in [3.8, 4) is 0 Å². The summed E-state index contributed by atoms with van der Waals surface area (Å²) in [5.41, 5.74) is 13.9. The van der Waals surface area contributed by atoms with Gasteiger partial charge in [0.05, 0.1) is 0 Å². The van der Waals surface area contributed by atoms with Crippen molar-refractivity contribution in [3.63, 3.8) is 0 Å². The molecule has 2 heterocycles. The van der Waals surface area contributed by atoms with Crippen molar-refractivity contribution in [2.24, 2.45) is 11.5 Å². The number of nitrogens with zero attached hydrogens (tertiary/aromatic N) is 4. The maximum Gasteiger partial charge on any atom is 0.251 e. The first-order valence-electron chi connectivity index (χ1n) is 26.9. The Morgan fingerprint density at radius 2 is 1.01 bits per heavy atom. The van der Waals surface area contributed by atoms with Crippen molar-refractivity contribution in [1.29, 1.82) is 0 Å². The Kier molecular flexibility index (Phi) is 26.1. The zero-order valence-corrected chi connectivity index (χ0v) is 48.0. The van der Waals surface area contributed by atoms with Gasteiger partial charge in [-0.1, -0.05) is 122 Å². The Morgan fingerprint density at radius 3 is 1.42 bits per heavy atom. The number of carbonyl (C=O) groups is 6. The molecule has 0 spiro atoms. The topological polar surface area (TPSA) is 204 Å². The number of piperazine rings is 2. The lowest BCUT2D eigenvalue weighted by Crippen LogP contribution is -2.63. The summed E-state index contributed by atoms with van der Waals surface area (Å²) in [7, 11) is 0. The molecule has 2 aliphatic carbocycles. The van der Waals surface area contributed by atoms with Crippen LogP contribution in [0.1, 0.15) is 119 Å². The molecule has 2 aliphatic heterocycles. The van der Waals surface area contributed by atoms with Crippen molar-refractivity contribution in [2.75, 3.05) is 72.0 Å². The first kappa shape index (κ1) is 62.8. The fourth-order valence-electron chi connectivity index (χ4n) is 11.0. The van der Waals surface area contributed by atoms with Crippen LogP contribution in [0.4, 0.5) is 0 Å². The molecule has 4 fully saturated rings. The third-order valence-corrected chi connectivity index (χ3v) is 16.3. The zero-order chi connectivity index (χ0) is 55.3. The second-order valence-corrected chi connectivity index (χ2v) is 22.5. The molecule has 0 bridgehead atoms. The Hall–Kier alpha value is -4.03. The molecule has 7 N–H and O–H groups in total. The van der Waals surface area contributed by atoms with Gasteiger partial charge in [-0.05, 0) is 91.2 Å². The Bertz CT molecular complexity index is 2370. The summed E-state index contributed by atoms with van der Waals surface area (Å²) in [6, 6.07) is 18.3. The lowest BCUT2D eigenvalue weighted by Gasteiger charge is -2.50. The van der Waals surface area contributed by atoms with E-state index >= 15 is 0 Å². The largest absolute Gasteiger partial charge is 0.350 e. The summed E-state index contributed by atoms with van der Waals surface area (Å²) >= 11 is 29.5. The van der Waals surface area contributed by atoms with E-state index < -0.39 is 12.1 Å². The van der Waals surface area contributed by atoms with Crippen LogP contribution in [0, 0.1) is 0 Å². The molecule has 2 atom stereocenters. The van der Waals surface area contributed by atoms with E-state index in [0.29, 0.717) is 90.9 Å². The van der Waals surface area contributed by atoms with E-state index in [-0.39, 0.29) is 65.2 Å². The summed E-state index contributed by atoms with van der Waals surface area (Å²) in [4.78, 5) is 82.6. The van der Waals surface area contributed by atoms with Crippen LogP contribution in [0.15, 0.2) is 66.7 Å². The maximum absolute atomic E-state index is 13.7. The van der Waals surface area contributed by atoms with Gasteiger partial charge in [0.15, 0.2) is 0 Å². The SMILES string of the molecule is CC(=O)Cl.CCCC(=O)NC(Cc1ccc(Cl)cc1Cl)C(=O)N1CCN(C2(CN)CCCCC2)CC1.NCCC(=O)NC(Cc1ccc(Cl)cc1Cl)C(=O)N1CCN(C2(CNC(=O)c3ccccc3)CCCCC2)CC1. The Balaban J connectivity index is 0.000000268. The van der Waals surface area contributed by atoms with E-state index in [2.05, 4.69) is 37.4 Å². The van der Waals surface area contributed by atoms with E-state index in [1.54, 1.807) is 30.3 Å². The minimum absolute atomic E-state index is 0.0504. The second kappa shape index (κ2) is 31.5. The Morgan fingerprint density at radius 1 is 0.592 bits per heavy atom. The van der Waals surface area contributed by atoms with E-state index in [1.165, 1.54) is 32.6 Å². The monoisotopic (exact) mass is 1150 g/mol. The predicted octanol–water partition coefficient (Wildman–Crippen LogP) is 8.04. The van der Waals surface area contributed by atoms with Crippen LogP contribution in [-0.2, 0) is 36.8 Å². The van der Waals surface area contributed by atoms with E-state index in [4.69, 9.17) is 57.9 Å². The summed E-state index contributed by atoms with van der Waals surface area (Å²) < 4.78 is 0. The van der Waals surface area contributed by atoms with Crippen LogP contribution >= 0.6 is 58.0 Å². The average Bonchev–Trinajstić information content (AvgIpc) is 3.42. The van der Waals surface area contributed by atoms with Gasteiger partial charge in [-0.25, -0.2) is 0 Å². The highest BCUT2D eigenvalue weighted by Crippen LogP contribution is 2.36. The molecular formula is C56H78Cl5N9O6. The first-order valence-corrected chi connectivity index (χ1v) is 28.8. The van der Waals surface area contributed by atoms with Gasteiger partial charge < -0.3 is 37.2 Å². The van der Waals surface area contributed by atoms with Crippen molar-refractivity contribution in [2.45, 2.75) is 133 Å². The number of hydrogen-bond acceptors (Lipinski definition) is 10. The summed E-state index contributed by atoms with van der Waals surface area (Å²) in [6.07, 6.45) is 13.4. The second-order valence-electron chi connectivity index (χ2n) is 20.3. The number of hydrogen-bond donors (Lipinski definition) is 5. The maximum atomic E-state index is 13.7. The molecule has 2 unspecified atom stereocenters. The van der Waals surface area contributed by atoms with Crippen LogP contribution in [-0.4, -0.2) is 150 Å². The number of carbonyl (C=O) groups excluding carboxylic acids is 6. The summed E-state index contributed by atoms with van der Waals surface area (Å²) in [6.45, 7) is 10.1. The lowest BCUT2D eigenvalue weighted by molar-refractivity contribution is -0.139. The Labute approximate surface area is 474 Å². The van der Waals surface area contributed by atoms with Gasteiger partial charge in [-0.15, -0.1) is 0 Å². The summed E-state index contributed by atoms with van der Waals surface area (Å²) in [5.74, 6) is -0.619. The minimum Gasteiger partial charge on any atom is -0.350 e. The van der Waals surface area contributed by atoms with Crippen LogP contribution in [0.25, 0.3) is 0 Å². The molecule has 15 nitrogen and oxygen atoms in total. The first-order chi connectivity index (χ1) is 36.4. The third kappa shape index (κ3) is 18.8. The molecule has 0 aromatic heterocycles. The number of rotatable bonds is 18. The molecule has 418 valence electrons. The third-order valence-electron chi connectivity index (χ3n) is 15.1. The molecule has 5 amide bonds. The van der Waals surface area contributed by atoms with Crippen LogP contribution in [0.2, 0.25) is 20.1 Å². The van der Waals surface area contributed by atoms with Gasteiger partial charge in [-0.3, -0.25) is 38.6 Å². The molecule has 0 radical (unpaired) electrons. The lowest BCUT2D eigenvalue weighted by atomic mass is 9.79.